The third kappa shape index (κ3) is 6.76. The van der Waals surface area contributed by atoms with Crippen LogP contribution in [0.3, 0.4) is 0 Å². The number of carbonyl (C=O) groups excluding carboxylic acids is 2. The standard InChI is InChI=1S/C17H26N4O2.ClH/c1-13(18)12-16(22)19-14-6-8-15(9-7-14)20-17(23)21-10-4-2-3-5-11-21;/h6-9,13H,2-5,10-12,18H2,1H3,(H,19,22)(H,20,23);1H. The molecule has 6 nitrogen and oxygen atoms in total. The molecule has 134 valence electrons. The van der Waals surface area contributed by atoms with E-state index in [2.05, 4.69) is 10.6 Å². The van der Waals surface area contributed by atoms with Crippen LogP contribution in [0.15, 0.2) is 24.3 Å². The summed E-state index contributed by atoms with van der Waals surface area (Å²) in [5.41, 5.74) is 7.02. The molecule has 24 heavy (non-hydrogen) atoms. The van der Waals surface area contributed by atoms with Crippen LogP contribution in [0.2, 0.25) is 0 Å². The Hall–Kier alpha value is -1.79. The average Bonchev–Trinajstić information content (AvgIpc) is 2.77. The van der Waals surface area contributed by atoms with Crippen molar-refractivity contribution in [1.82, 2.24) is 4.90 Å². The summed E-state index contributed by atoms with van der Waals surface area (Å²) in [5.74, 6) is -0.110. The van der Waals surface area contributed by atoms with Gasteiger partial charge in [0.15, 0.2) is 0 Å². The van der Waals surface area contributed by atoms with Crippen LogP contribution >= 0.6 is 12.4 Å². The number of halogens is 1. The molecule has 0 aliphatic carbocycles. The number of hydrogen-bond acceptors (Lipinski definition) is 3. The van der Waals surface area contributed by atoms with Crippen LogP contribution in [-0.4, -0.2) is 36.0 Å². The summed E-state index contributed by atoms with van der Waals surface area (Å²) in [4.78, 5) is 25.8. The maximum Gasteiger partial charge on any atom is 0.321 e. The molecule has 1 heterocycles. The largest absolute Gasteiger partial charge is 0.327 e. The van der Waals surface area contributed by atoms with Crippen molar-refractivity contribution in [3.05, 3.63) is 24.3 Å². The molecule has 1 aliphatic heterocycles. The number of nitrogens with two attached hydrogens (primary N) is 1. The molecule has 1 aromatic carbocycles. The fourth-order valence-electron chi connectivity index (χ4n) is 2.62. The van der Waals surface area contributed by atoms with Crippen LogP contribution in [0.25, 0.3) is 0 Å². The third-order valence-electron chi connectivity index (χ3n) is 3.82. The zero-order valence-electron chi connectivity index (χ0n) is 14.1. The number of urea groups is 1. The Bertz CT molecular complexity index is 526. The molecule has 1 fully saturated rings. The van der Waals surface area contributed by atoms with E-state index in [0.717, 1.165) is 31.6 Å². The molecule has 4 N–H and O–H groups in total. The van der Waals surface area contributed by atoms with Crippen LogP contribution < -0.4 is 16.4 Å². The first kappa shape index (κ1) is 20.3. The molecule has 3 amide bonds. The zero-order chi connectivity index (χ0) is 16.7. The first-order valence-electron chi connectivity index (χ1n) is 8.26. The van der Waals surface area contributed by atoms with Crippen molar-refractivity contribution in [1.29, 1.82) is 0 Å². The van der Waals surface area contributed by atoms with Crippen LogP contribution in [-0.2, 0) is 4.79 Å². The number of nitrogens with one attached hydrogen (secondary N) is 2. The third-order valence-corrected chi connectivity index (χ3v) is 3.82. The van der Waals surface area contributed by atoms with E-state index >= 15 is 0 Å². The topological polar surface area (TPSA) is 87.5 Å². The number of carbonyl (C=O) groups is 2. The molecule has 0 bridgehead atoms. The van der Waals surface area contributed by atoms with E-state index in [9.17, 15) is 9.59 Å². The fourth-order valence-corrected chi connectivity index (χ4v) is 2.62. The van der Waals surface area contributed by atoms with Gasteiger partial charge in [0.05, 0.1) is 0 Å². The summed E-state index contributed by atoms with van der Waals surface area (Å²) in [6.45, 7) is 3.43. The van der Waals surface area contributed by atoms with Crippen molar-refractivity contribution in [2.24, 2.45) is 5.73 Å². The number of hydrogen-bond donors (Lipinski definition) is 3. The lowest BCUT2D eigenvalue weighted by Crippen LogP contribution is -2.35. The molecule has 1 aliphatic rings. The van der Waals surface area contributed by atoms with E-state index in [-0.39, 0.29) is 36.8 Å². The van der Waals surface area contributed by atoms with E-state index in [4.69, 9.17) is 5.73 Å². The smallest absolute Gasteiger partial charge is 0.321 e. The number of anilines is 2. The molecular weight excluding hydrogens is 328 g/mol. The molecule has 1 saturated heterocycles. The molecule has 1 unspecified atom stereocenters. The van der Waals surface area contributed by atoms with Crippen molar-refractivity contribution in [2.45, 2.75) is 45.1 Å². The molecular formula is C17H27ClN4O2. The van der Waals surface area contributed by atoms with Gasteiger partial charge in [-0.25, -0.2) is 4.79 Å². The Labute approximate surface area is 149 Å². The van der Waals surface area contributed by atoms with Crippen LogP contribution in [0.4, 0.5) is 16.2 Å². The predicted molar refractivity (Wildman–Crippen MR) is 99.6 cm³/mol. The van der Waals surface area contributed by atoms with Gasteiger partial charge in [-0.15, -0.1) is 12.4 Å². The van der Waals surface area contributed by atoms with E-state index in [0.29, 0.717) is 5.69 Å². The number of amides is 3. The normalized spacial score (nSPS) is 15.7. The second-order valence-corrected chi connectivity index (χ2v) is 6.14. The molecule has 2 rings (SSSR count). The van der Waals surface area contributed by atoms with Crippen molar-refractivity contribution in [3.63, 3.8) is 0 Å². The lowest BCUT2D eigenvalue weighted by molar-refractivity contribution is -0.116. The number of likely N-dealkylation sites (tertiary alicyclic amines) is 1. The Morgan fingerprint density at radius 2 is 1.54 bits per heavy atom. The lowest BCUT2D eigenvalue weighted by Gasteiger charge is -2.20. The second-order valence-electron chi connectivity index (χ2n) is 6.14. The van der Waals surface area contributed by atoms with Crippen molar-refractivity contribution in [2.75, 3.05) is 23.7 Å². The zero-order valence-corrected chi connectivity index (χ0v) is 14.9. The van der Waals surface area contributed by atoms with Gasteiger partial charge in [0, 0.05) is 36.9 Å². The number of nitrogens with zero attached hydrogens (tertiary/aromatic N) is 1. The maximum absolute atomic E-state index is 12.2. The summed E-state index contributed by atoms with van der Waals surface area (Å²) in [5, 5.41) is 5.69. The summed E-state index contributed by atoms with van der Waals surface area (Å²) in [7, 11) is 0. The van der Waals surface area contributed by atoms with Crippen LogP contribution in [0.1, 0.15) is 39.0 Å². The van der Waals surface area contributed by atoms with Crippen molar-refractivity contribution >= 4 is 35.7 Å². The first-order chi connectivity index (χ1) is 11.0. The van der Waals surface area contributed by atoms with Crippen LogP contribution in [0.5, 0.6) is 0 Å². The summed E-state index contributed by atoms with van der Waals surface area (Å²) in [6, 6.07) is 6.91. The quantitative estimate of drug-likeness (QED) is 0.775. The molecule has 0 saturated carbocycles. The van der Waals surface area contributed by atoms with Crippen molar-refractivity contribution in [3.8, 4) is 0 Å². The Morgan fingerprint density at radius 3 is 2.04 bits per heavy atom. The Morgan fingerprint density at radius 1 is 1.04 bits per heavy atom. The number of rotatable bonds is 4. The van der Waals surface area contributed by atoms with E-state index in [1.165, 1.54) is 12.8 Å². The van der Waals surface area contributed by atoms with Crippen LogP contribution in [0, 0.1) is 0 Å². The van der Waals surface area contributed by atoms with Gasteiger partial charge in [0.25, 0.3) is 0 Å². The maximum atomic E-state index is 12.2. The van der Waals surface area contributed by atoms with Gasteiger partial charge in [-0.05, 0) is 44.0 Å². The molecule has 7 heteroatoms. The Kier molecular flexibility index (Phi) is 8.57. The van der Waals surface area contributed by atoms with Gasteiger partial charge in [-0.2, -0.15) is 0 Å². The first-order valence-corrected chi connectivity index (χ1v) is 8.26. The highest BCUT2D eigenvalue weighted by atomic mass is 35.5. The Balaban J connectivity index is 0.00000288. The minimum absolute atomic E-state index is 0. The average molecular weight is 355 g/mol. The highest BCUT2D eigenvalue weighted by molar-refractivity contribution is 5.92. The van der Waals surface area contributed by atoms with Gasteiger partial charge in [-0.3, -0.25) is 4.79 Å². The molecule has 1 aromatic rings. The van der Waals surface area contributed by atoms with Gasteiger partial charge in [0.2, 0.25) is 5.91 Å². The van der Waals surface area contributed by atoms with Gasteiger partial charge < -0.3 is 21.3 Å². The summed E-state index contributed by atoms with van der Waals surface area (Å²) < 4.78 is 0. The summed E-state index contributed by atoms with van der Waals surface area (Å²) >= 11 is 0. The summed E-state index contributed by atoms with van der Waals surface area (Å²) in [6.07, 6.45) is 4.81. The van der Waals surface area contributed by atoms with E-state index in [1.54, 1.807) is 31.2 Å². The van der Waals surface area contributed by atoms with Crippen molar-refractivity contribution < 1.29 is 9.59 Å². The SMILES string of the molecule is CC(N)CC(=O)Nc1ccc(NC(=O)N2CCCCCC2)cc1.Cl. The minimum atomic E-state index is -0.165. The monoisotopic (exact) mass is 354 g/mol. The van der Waals surface area contributed by atoms with E-state index in [1.807, 2.05) is 4.90 Å². The minimum Gasteiger partial charge on any atom is -0.327 e. The lowest BCUT2D eigenvalue weighted by atomic mass is 10.2. The second kappa shape index (κ2) is 10.2. The molecule has 0 radical (unpaired) electrons. The highest BCUT2D eigenvalue weighted by Crippen LogP contribution is 2.16. The van der Waals surface area contributed by atoms with Gasteiger partial charge in [-0.1, -0.05) is 12.8 Å². The van der Waals surface area contributed by atoms with Gasteiger partial charge >= 0.3 is 6.03 Å². The highest BCUT2D eigenvalue weighted by Gasteiger charge is 2.15. The number of benzene rings is 1. The molecule has 0 aromatic heterocycles. The van der Waals surface area contributed by atoms with Gasteiger partial charge in [0.1, 0.15) is 0 Å². The molecule has 1 atom stereocenters. The van der Waals surface area contributed by atoms with E-state index < -0.39 is 0 Å². The molecule has 0 spiro atoms. The predicted octanol–water partition coefficient (Wildman–Crippen LogP) is 3.19. The fraction of sp³-hybridized carbons (Fsp3) is 0.529.